The van der Waals surface area contributed by atoms with Crippen molar-refractivity contribution in [2.75, 3.05) is 20.1 Å². The number of likely N-dealkylation sites (tertiary alicyclic amines) is 1. The van der Waals surface area contributed by atoms with Crippen molar-refractivity contribution in [2.45, 2.75) is 90.4 Å². The Kier molecular flexibility index (Phi) is 12.0. The second-order valence-corrected chi connectivity index (χ2v) is 15.5. The number of carbonyl (C=O) groups is 5. The SMILES string of the molecule is CN[C@@H](C)C(=O)N[C@H](C(=O)N1C[C@H](C2(C(N)=O)C=CC(C(=O)NCCc3ccccc3)=CC2)C[C@H]1C(=O)N[C@@H]1CCCc2ccccc21)C(C)(C)C. The number of nitrogens with zero attached hydrogens (tertiary/aromatic N) is 1. The van der Waals surface area contributed by atoms with Gasteiger partial charge in [-0.2, -0.15) is 0 Å². The third-order valence-electron chi connectivity index (χ3n) is 11.0. The molecule has 1 aliphatic heterocycles. The average Bonchev–Trinajstić information content (AvgIpc) is 3.59. The lowest BCUT2D eigenvalue weighted by molar-refractivity contribution is -0.144. The minimum Gasteiger partial charge on any atom is -0.369 e. The van der Waals surface area contributed by atoms with Crippen LogP contribution in [0.1, 0.15) is 76.1 Å². The monoisotopic (exact) mass is 710 g/mol. The van der Waals surface area contributed by atoms with Crippen LogP contribution in [0.15, 0.2) is 78.4 Å². The molecule has 2 aliphatic carbocycles. The van der Waals surface area contributed by atoms with Gasteiger partial charge in [0.15, 0.2) is 0 Å². The Morgan fingerprint density at radius 1 is 1.02 bits per heavy atom. The summed E-state index contributed by atoms with van der Waals surface area (Å²) >= 11 is 0. The molecule has 11 heteroatoms. The third kappa shape index (κ3) is 8.47. The van der Waals surface area contributed by atoms with E-state index in [4.69, 9.17) is 5.73 Å². The highest BCUT2D eigenvalue weighted by Crippen LogP contribution is 2.45. The van der Waals surface area contributed by atoms with Crippen molar-refractivity contribution in [2.24, 2.45) is 22.5 Å². The molecule has 1 heterocycles. The zero-order valence-electron chi connectivity index (χ0n) is 31.0. The van der Waals surface area contributed by atoms with Gasteiger partial charge in [-0.3, -0.25) is 24.0 Å². The van der Waals surface area contributed by atoms with E-state index in [0.29, 0.717) is 18.5 Å². The highest BCUT2D eigenvalue weighted by atomic mass is 16.2. The number of hydrogen-bond acceptors (Lipinski definition) is 6. The number of hydrogen-bond donors (Lipinski definition) is 5. The van der Waals surface area contributed by atoms with Gasteiger partial charge in [0.1, 0.15) is 12.1 Å². The third-order valence-corrected chi connectivity index (χ3v) is 11.0. The van der Waals surface area contributed by atoms with E-state index in [9.17, 15) is 24.0 Å². The van der Waals surface area contributed by atoms with Crippen LogP contribution >= 0.6 is 0 Å². The molecule has 3 aliphatic rings. The molecule has 0 radical (unpaired) electrons. The molecule has 1 fully saturated rings. The van der Waals surface area contributed by atoms with E-state index >= 15 is 0 Å². The molecule has 2 aromatic rings. The molecule has 6 N–H and O–H groups in total. The van der Waals surface area contributed by atoms with Crippen LogP contribution < -0.4 is 27.0 Å². The van der Waals surface area contributed by atoms with E-state index in [-0.39, 0.29) is 43.1 Å². The molecule has 278 valence electrons. The standard InChI is InChI=1S/C41H54N6O5/c1-26(43-5)35(48)46-34(40(2,3)4)38(51)47-25-30(24-33(47)37(50)45-32-17-11-15-28-14-9-10-16-31(28)32)41(39(42)52)21-18-29(19-22-41)36(49)44-23-20-27-12-7-6-8-13-27/h6-10,12-14,16,18-19,21,26,30,32-34,43H,11,15,17,20,22-25H2,1-5H3,(H2,42,52)(H,44,49)(H,45,50)(H,46,48)/t26-,30+,32+,33-,34+,41?/m0/s1. The molecular weight excluding hydrogens is 656 g/mol. The Hall–Kier alpha value is -4.77. The molecule has 5 rings (SSSR count). The Morgan fingerprint density at radius 3 is 2.38 bits per heavy atom. The zero-order valence-corrected chi connectivity index (χ0v) is 31.0. The summed E-state index contributed by atoms with van der Waals surface area (Å²) in [6, 6.07) is 15.3. The fourth-order valence-electron chi connectivity index (χ4n) is 7.66. The number of primary amides is 1. The lowest BCUT2D eigenvalue weighted by Gasteiger charge is -2.37. The lowest BCUT2D eigenvalue weighted by Crippen LogP contribution is -2.59. The van der Waals surface area contributed by atoms with Gasteiger partial charge in [0.2, 0.25) is 23.6 Å². The molecule has 2 aromatic carbocycles. The number of allylic oxidation sites excluding steroid dienone is 1. The molecule has 0 spiro atoms. The van der Waals surface area contributed by atoms with Crippen molar-refractivity contribution in [1.82, 2.24) is 26.2 Å². The maximum Gasteiger partial charge on any atom is 0.250 e. The highest BCUT2D eigenvalue weighted by Gasteiger charge is 2.53. The normalized spacial score (nSPS) is 23.8. The summed E-state index contributed by atoms with van der Waals surface area (Å²) in [5.41, 5.74) is 8.02. The van der Waals surface area contributed by atoms with E-state index in [1.807, 2.05) is 69.3 Å². The van der Waals surface area contributed by atoms with Crippen LogP contribution in [-0.2, 0) is 36.8 Å². The predicted octanol–water partition coefficient (Wildman–Crippen LogP) is 3.25. The Labute approximate surface area is 307 Å². The van der Waals surface area contributed by atoms with Gasteiger partial charge in [0, 0.05) is 18.7 Å². The number of likely N-dealkylation sites (N-methyl/N-ethyl adjacent to an activating group) is 1. The second-order valence-electron chi connectivity index (χ2n) is 15.5. The summed E-state index contributed by atoms with van der Waals surface area (Å²) in [4.78, 5) is 70.0. The Morgan fingerprint density at radius 2 is 1.73 bits per heavy atom. The first-order valence-electron chi connectivity index (χ1n) is 18.4. The van der Waals surface area contributed by atoms with Crippen molar-refractivity contribution in [3.05, 3.63) is 95.1 Å². The van der Waals surface area contributed by atoms with Gasteiger partial charge in [0.05, 0.1) is 17.5 Å². The molecule has 52 heavy (non-hydrogen) atoms. The first-order chi connectivity index (χ1) is 24.7. The predicted molar refractivity (Wildman–Crippen MR) is 200 cm³/mol. The van der Waals surface area contributed by atoms with Gasteiger partial charge in [-0.15, -0.1) is 0 Å². The minimum atomic E-state index is -1.24. The smallest absolute Gasteiger partial charge is 0.250 e. The summed E-state index contributed by atoms with van der Waals surface area (Å²) in [6.07, 6.45) is 8.67. The first kappa shape index (κ1) is 38.5. The van der Waals surface area contributed by atoms with Crippen LogP contribution in [-0.4, -0.2) is 72.7 Å². The maximum absolute atomic E-state index is 14.6. The summed E-state index contributed by atoms with van der Waals surface area (Å²) < 4.78 is 0. The van der Waals surface area contributed by atoms with Crippen molar-refractivity contribution in [3.63, 3.8) is 0 Å². The van der Waals surface area contributed by atoms with Crippen molar-refractivity contribution < 1.29 is 24.0 Å². The number of aryl methyl sites for hydroxylation is 1. The fraction of sp³-hybridized carbons (Fsp3) is 0.488. The van der Waals surface area contributed by atoms with Gasteiger partial charge in [-0.25, -0.2) is 0 Å². The number of rotatable bonds is 12. The average molecular weight is 711 g/mol. The molecule has 0 saturated carbocycles. The highest BCUT2D eigenvalue weighted by molar-refractivity contribution is 5.98. The van der Waals surface area contributed by atoms with E-state index in [1.165, 1.54) is 10.5 Å². The van der Waals surface area contributed by atoms with Gasteiger partial charge >= 0.3 is 0 Å². The molecule has 6 atom stereocenters. The lowest BCUT2D eigenvalue weighted by atomic mass is 9.68. The zero-order chi connectivity index (χ0) is 37.6. The van der Waals surface area contributed by atoms with Crippen molar-refractivity contribution in [1.29, 1.82) is 0 Å². The molecule has 0 bridgehead atoms. The molecule has 11 nitrogen and oxygen atoms in total. The van der Waals surface area contributed by atoms with Crippen LogP contribution in [0.25, 0.3) is 0 Å². The first-order valence-corrected chi connectivity index (χ1v) is 18.4. The van der Waals surface area contributed by atoms with Gasteiger partial charge < -0.3 is 31.9 Å². The maximum atomic E-state index is 14.6. The van der Waals surface area contributed by atoms with Gasteiger partial charge in [-0.05, 0) is 80.5 Å². The van der Waals surface area contributed by atoms with E-state index in [0.717, 1.165) is 30.4 Å². The largest absolute Gasteiger partial charge is 0.369 e. The van der Waals surface area contributed by atoms with Gasteiger partial charge in [-0.1, -0.05) is 93.6 Å². The van der Waals surface area contributed by atoms with E-state index in [2.05, 4.69) is 27.3 Å². The van der Waals surface area contributed by atoms with Crippen LogP contribution in [0.3, 0.4) is 0 Å². The topological polar surface area (TPSA) is 163 Å². The Bertz CT molecular complexity index is 1720. The molecular formula is C41H54N6O5. The van der Waals surface area contributed by atoms with Crippen LogP contribution in [0.4, 0.5) is 0 Å². The number of fused-ring (bicyclic) bond motifs is 1. The molecule has 5 amide bonds. The Balaban J connectivity index is 1.40. The van der Waals surface area contributed by atoms with Crippen LogP contribution in [0.2, 0.25) is 0 Å². The molecule has 0 aromatic heterocycles. The van der Waals surface area contributed by atoms with E-state index in [1.54, 1.807) is 32.2 Å². The number of nitrogens with two attached hydrogens (primary N) is 1. The molecule has 1 saturated heterocycles. The van der Waals surface area contributed by atoms with Crippen LogP contribution in [0, 0.1) is 16.7 Å². The quantitative estimate of drug-likeness (QED) is 0.227. The summed E-state index contributed by atoms with van der Waals surface area (Å²) in [5, 5.41) is 12.0. The fourth-order valence-corrected chi connectivity index (χ4v) is 7.66. The summed E-state index contributed by atoms with van der Waals surface area (Å²) in [5.74, 6) is -2.41. The second kappa shape index (κ2) is 16.3. The number of nitrogens with one attached hydrogen (secondary N) is 4. The van der Waals surface area contributed by atoms with Crippen molar-refractivity contribution in [3.8, 4) is 0 Å². The summed E-state index contributed by atoms with van der Waals surface area (Å²) in [7, 11) is 1.67. The van der Waals surface area contributed by atoms with Crippen LogP contribution in [0.5, 0.6) is 0 Å². The van der Waals surface area contributed by atoms with Gasteiger partial charge in [0.25, 0.3) is 5.91 Å². The number of benzene rings is 2. The number of carbonyl (C=O) groups excluding carboxylic acids is 5. The van der Waals surface area contributed by atoms with E-state index < -0.39 is 46.7 Å². The summed E-state index contributed by atoms with van der Waals surface area (Å²) in [6.45, 7) is 7.84. The van der Waals surface area contributed by atoms with Crippen molar-refractivity contribution >= 4 is 29.5 Å². The minimum absolute atomic E-state index is 0.0714. The molecule has 1 unspecified atom stereocenters. The number of amides is 5.